The van der Waals surface area contributed by atoms with E-state index < -0.39 is 0 Å². The Morgan fingerprint density at radius 1 is 1.33 bits per heavy atom. The summed E-state index contributed by atoms with van der Waals surface area (Å²) in [6, 6.07) is 0. The lowest BCUT2D eigenvalue weighted by atomic mass is 10.2. The van der Waals surface area contributed by atoms with Crippen LogP contribution >= 0.6 is 0 Å². The molecule has 18 heavy (non-hydrogen) atoms. The van der Waals surface area contributed by atoms with Crippen molar-refractivity contribution in [2.24, 2.45) is 11.7 Å². The van der Waals surface area contributed by atoms with Crippen LogP contribution in [0.15, 0.2) is 18.9 Å². The summed E-state index contributed by atoms with van der Waals surface area (Å²) in [5.41, 5.74) is 6.53. The molecule has 0 saturated carbocycles. The van der Waals surface area contributed by atoms with Crippen molar-refractivity contribution in [1.82, 2.24) is 24.3 Å². The topological polar surface area (TPSA) is 74.5 Å². The molecular weight excluding hydrogens is 228 g/mol. The number of nitrogens with zero attached hydrogens (tertiary/aromatic N) is 5. The molecule has 0 amide bonds. The van der Waals surface area contributed by atoms with Gasteiger partial charge in [0, 0.05) is 19.2 Å². The summed E-state index contributed by atoms with van der Waals surface area (Å²) in [5, 5.41) is 4.25. The van der Waals surface area contributed by atoms with Crippen molar-refractivity contribution in [3.63, 3.8) is 0 Å². The van der Waals surface area contributed by atoms with Crippen molar-refractivity contribution in [3.05, 3.63) is 30.4 Å². The van der Waals surface area contributed by atoms with Crippen LogP contribution in [0.2, 0.25) is 0 Å². The van der Waals surface area contributed by atoms with Gasteiger partial charge in [0.2, 0.25) is 0 Å². The first-order valence-corrected chi connectivity index (χ1v) is 6.26. The van der Waals surface area contributed by atoms with E-state index in [-0.39, 0.29) is 0 Å². The van der Waals surface area contributed by atoms with Crippen LogP contribution in [-0.2, 0) is 19.5 Å². The molecule has 0 aliphatic carbocycles. The highest BCUT2D eigenvalue weighted by atomic mass is 15.3. The summed E-state index contributed by atoms with van der Waals surface area (Å²) in [7, 11) is 0. The van der Waals surface area contributed by atoms with Crippen LogP contribution in [-0.4, -0.2) is 30.9 Å². The van der Waals surface area contributed by atoms with Crippen molar-refractivity contribution in [2.75, 3.05) is 6.54 Å². The fourth-order valence-corrected chi connectivity index (χ4v) is 1.84. The third-order valence-electron chi connectivity index (χ3n) is 2.65. The van der Waals surface area contributed by atoms with Crippen molar-refractivity contribution >= 4 is 0 Å². The van der Waals surface area contributed by atoms with Crippen molar-refractivity contribution in [3.8, 4) is 0 Å². The van der Waals surface area contributed by atoms with Crippen LogP contribution in [0.3, 0.4) is 0 Å². The predicted octanol–water partition coefficient (Wildman–Crippen LogP) is 0.680. The highest BCUT2D eigenvalue weighted by molar-refractivity contribution is 4.99. The molecule has 2 rings (SSSR count). The Labute approximate surface area is 107 Å². The zero-order chi connectivity index (χ0) is 13.0. The standard InChI is InChI=1S/C12H20N6/c1-10(2)5-18-12(14-8-16-18)7-17-6-11(3-4-13)15-9-17/h6,8-10H,3-5,7,13H2,1-2H3. The molecule has 6 heteroatoms. The number of hydrogen-bond donors (Lipinski definition) is 1. The first-order valence-electron chi connectivity index (χ1n) is 6.26. The summed E-state index contributed by atoms with van der Waals surface area (Å²) in [5.74, 6) is 1.52. The lowest BCUT2D eigenvalue weighted by Gasteiger charge is -2.08. The monoisotopic (exact) mass is 248 g/mol. The number of aromatic nitrogens is 5. The Bertz CT molecular complexity index is 484. The number of rotatable bonds is 6. The maximum atomic E-state index is 5.51. The van der Waals surface area contributed by atoms with Gasteiger partial charge in [-0.25, -0.2) is 14.6 Å². The zero-order valence-electron chi connectivity index (χ0n) is 11.0. The minimum Gasteiger partial charge on any atom is -0.330 e. The molecule has 6 nitrogen and oxygen atoms in total. The van der Waals surface area contributed by atoms with Crippen molar-refractivity contribution < 1.29 is 0 Å². The van der Waals surface area contributed by atoms with Crippen molar-refractivity contribution in [1.29, 1.82) is 0 Å². The number of nitrogens with two attached hydrogens (primary N) is 1. The Hall–Kier alpha value is -1.69. The van der Waals surface area contributed by atoms with Gasteiger partial charge in [-0.3, -0.25) is 0 Å². The molecule has 0 fully saturated rings. The summed E-state index contributed by atoms with van der Waals surface area (Å²) in [6.07, 6.45) is 6.25. The van der Waals surface area contributed by atoms with E-state index in [1.165, 1.54) is 0 Å². The van der Waals surface area contributed by atoms with Gasteiger partial charge in [-0.2, -0.15) is 5.10 Å². The molecule has 2 heterocycles. The molecule has 0 aliphatic heterocycles. The molecule has 2 aromatic heterocycles. The van der Waals surface area contributed by atoms with E-state index in [9.17, 15) is 0 Å². The minimum absolute atomic E-state index is 0.557. The summed E-state index contributed by atoms with van der Waals surface area (Å²) < 4.78 is 3.97. The fourth-order valence-electron chi connectivity index (χ4n) is 1.84. The third-order valence-corrected chi connectivity index (χ3v) is 2.65. The SMILES string of the molecule is CC(C)Cn1ncnc1Cn1cnc(CCN)c1. The van der Waals surface area contributed by atoms with E-state index in [1.807, 2.05) is 21.8 Å². The first-order chi connectivity index (χ1) is 8.69. The van der Waals surface area contributed by atoms with Crippen LogP contribution in [0.1, 0.15) is 25.4 Å². The molecule has 0 atom stereocenters. The van der Waals surface area contributed by atoms with E-state index in [1.54, 1.807) is 6.33 Å². The zero-order valence-corrected chi connectivity index (χ0v) is 11.0. The van der Waals surface area contributed by atoms with Gasteiger partial charge in [-0.1, -0.05) is 13.8 Å². The van der Waals surface area contributed by atoms with Gasteiger partial charge >= 0.3 is 0 Å². The van der Waals surface area contributed by atoms with Crippen LogP contribution in [0.5, 0.6) is 0 Å². The van der Waals surface area contributed by atoms with Gasteiger partial charge in [0.15, 0.2) is 0 Å². The average molecular weight is 248 g/mol. The second-order valence-corrected chi connectivity index (χ2v) is 4.83. The van der Waals surface area contributed by atoms with Gasteiger partial charge in [-0.15, -0.1) is 0 Å². The highest BCUT2D eigenvalue weighted by Gasteiger charge is 2.07. The lowest BCUT2D eigenvalue weighted by Crippen LogP contribution is -2.12. The molecule has 0 radical (unpaired) electrons. The molecular formula is C12H20N6. The molecule has 2 aromatic rings. The summed E-state index contributed by atoms with van der Waals surface area (Å²) in [4.78, 5) is 8.60. The van der Waals surface area contributed by atoms with E-state index in [0.29, 0.717) is 19.0 Å². The van der Waals surface area contributed by atoms with Gasteiger partial charge in [0.05, 0.1) is 18.6 Å². The Morgan fingerprint density at radius 3 is 2.89 bits per heavy atom. The number of imidazole rings is 1. The van der Waals surface area contributed by atoms with E-state index in [0.717, 1.165) is 24.5 Å². The first kappa shape index (κ1) is 12.8. The average Bonchev–Trinajstić information content (AvgIpc) is 2.90. The maximum absolute atomic E-state index is 5.51. The normalized spacial score (nSPS) is 11.3. The van der Waals surface area contributed by atoms with E-state index >= 15 is 0 Å². The van der Waals surface area contributed by atoms with E-state index in [2.05, 4.69) is 28.9 Å². The van der Waals surface area contributed by atoms with Gasteiger partial charge in [-0.05, 0) is 12.5 Å². The molecule has 0 bridgehead atoms. The van der Waals surface area contributed by atoms with Crippen LogP contribution in [0.25, 0.3) is 0 Å². The van der Waals surface area contributed by atoms with Gasteiger partial charge < -0.3 is 10.3 Å². The smallest absolute Gasteiger partial charge is 0.146 e. The summed E-state index contributed by atoms with van der Waals surface area (Å²) >= 11 is 0. The van der Waals surface area contributed by atoms with Crippen LogP contribution in [0.4, 0.5) is 0 Å². The Morgan fingerprint density at radius 2 is 2.17 bits per heavy atom. The third kappa shape index (κ3) is 3.16. The Kier molecular flexibility index (Phi) is 4.09. The van der Waals surface area contributed by atoms with Crippen molar-refractivity contribution in [2.45, 2.75) is 33.4 Å². The van der Waals surface area contributed by atoms with Crippen LogP contribution in [0, 0.1) is 5.92 Å². The second kappa shape index (κ2) is 5.77. The molecule has 0 saturated heterocycles. The minimum atomic E-state index is 0.557. The molecule has 0 unspecified atom stereocenters. The molecule has 0 aromatic carbocycles. The predicted molar refractivity (Wildman–Crippen MR) is 68.9 cm³/mol. The Balaban J connectivity index is 2.06. The lowest BCUT2D eigenvalue weighted by molar-refractivity contribution is 0.461. The van der Waals surface area contributed by atoms with E-state index in [4.69, 9.17) is 5.73 Å². The molecule has 2 N–H and O–H groups in total. The largest absolute Gasteiger partial charge is 0.330 e. The fraction of sp³-hybridized carbons (Fsp3) is 0.583. The number of hydrogen-bond acceptors (Lipinski definition) is 4. The maximum Gasteiger partial charge on any atom is 0.146 e. The highest BCUT2D eigenvalue weighted by Crippen LogP contribution is 2.04. The molecule has 0 spiro atoms. The second-order valence-electron chi connectivity index (χ2n) is 4.83. The molecule has 0 aliphatic rings. The van der Waals surface area contributed by atoms with Crippen LogP contribution < -0.4 is 5.73 Å². The summed E-state index contributed by atoms with van der Waals surface area (Å²) in [6.45, 7) is 6.55. The van der Waals surface area contributed by atoms with Gasteiger partial charge in [0.1, 0.15) is 12.2 Å². The quantitative estimate of drug-likeness (QED) is 0.815. The molecule has 98 valence electrons. The van der Waals surface area contributed by atoms with Gasteiger partial charge in [0.25, 0.3) is 0 Å².